The van der Waals surface area contributed by atoms with Gasteiger partial charge in [0.1, 0.15) is 5.03 Å². The molecule has 3 N–H and O–H groups in total. The van der Waals surface area contributed by atoms with Gasteiger partial charge >= 0.3 is 0 Å². The van der Waals surface area contributed by atoms with Crippen LogP contribution in [0.25, 0.3) is 0 Å². The number of pyridine rings is 1. The molecule has 2 aliphatic rings. The summed E-state index contributed by atoms with van der Waals surface area (Å²) in [5.74, 6) is 0.366. The van der Waals surface area contributed by atoms with E-state index in [1.165, 1.54) is 58.1 Å². The minimum absolute atomic E-state index is 0. The summed E-state index contributed by atoms with van der Waals surface area (Å²) >= 11 is 1.05. The maximum Gasteiger partial charge on any atom is 0.200 e. The summed E-state index contributed by atoms with van der Waals surface area (Å²) in [6.07, 6.45) is 13.1. The zero-order valence-electron chi connectivity index (χ0n) is 20.0. The molecule has 0 amide bonds. The first kappa shape index (κ1) is 29.4. The monoisotopic (exact) mass is 717 g/mol. The van der Waals surface area contributed by atoms with Crippen LogP contribution in [0.2, 0.25) is 0 Å². The molecule has 1 heterocycles. The molecular weight excluding hydrogens is 682 g/mol. The number of anilines is 1. The molecule has 0 bridgehead atoms. The van der Waals surface area contributed by atoms with Crippen molar-refractivity contribution in [2.75, 3.05) is 19.2 Å². The fourth-order valence-corrected chi connectivity index (χ4v) is 5.59. The Morgan fingerprint density at radius 3 is 2.41 bits per heavy atom. The number of hydrogen-bond donors (Lipinski definition) is 2. The van der Waals surface area contributed by atoms with Crippen LogP contribution >= 0.6 is 11.9 Å². The van der Waals surface area contributed by atoms with Gasteiger partial charge in [0.25, 0.3) is 0 Å². The van der Waals surface area contributed by atoms with Crippen molar-refractivity contribution < 1.29 is 49.8 Å². The van der Waals surface area contributed by atoms with Crippen molar-refractivity contribution in [3.05, 3.63) is 47.7 Å². The maximum atomic E-state index is 14.0. The summed E-state index contributed by atoms with van der Waals surface area (Å²) in [6, 6.07) is 6.37. The van der Waals surface area contributed by atoms with Gasteiger partial charge in [-0.15, -0.1) is 0 Å². The predicted octanol–water partition coefficient (Wildman–Crippen LogP) is 6.70. The van der Waals surface area contributed by atoms with E-state index in [9.17, 15) is 8.78 Å². The fraction of sp³-hybridized carbons (Fsp3) is 0.560. The van der Waals surface area contributed by atoms with Crippen LogP contribution in [0.4, 0.5) is 14.5 Å². The van der Waals surface area contributed by atoms with E-state index in [1.54, 1.807) is 31.4 Å². The molecular formula is C25H35F2N3O2SU. The smallest absolute Gasteiger partial charge is 0.200 e. The minimum atomic E-state index is -0.834. The summed E-state index contributed by atoms with van der Waals surface area (Å²) < 4.78 is 32.6. The first-order chi connectivity index (χ1) is 15.9. The van der Waals surface area contributed by atoms with E-state index in [0.29, 0.717) is 16.6 Å². The van der Waals surface area contributed by atoms with Crippen LogP contribution < -0.4 is 14.9 Å². The molecule has 0 radical (unpaired) electrons. The van der Waals surface area contributed by atoms with Gasteiger partial charge in [0.2, 0.25) is 5.82 Å². The summed E-state index contributed by atoms with van der Waals surface area (Å²) in [4.78, 5) is 3.94. The molecule has 0 aliphatic heterocycles. The van der Waals surface area contributed by atoms with Gasteiger partial charge in [-0.2, -0.15) is 4.39 Å². The zero-order chi connectivity index (χ0) is 23.8. The molecule has 2 aliphatic carbocycles. The minimum Gasteiger partial charge on any atom is -0.493 e. The Morgan fingerprint density at radius 1 is 1.06 bits per heavy atom. The zero-order valence-corrected chi connectivity index (χ0v) is 25.0. The van der Waals surface area contributed by atoms with Gasteiger partial charge in [0.15, 0.2) is 11.6 Å². The average Bonchev–Trinajstić information content (AvgIpc) is 2.86. The number of methoxy groups -OCH3 is 1. The van der Waals surface area contributed by atoms with Crippen LogP contribution in [0.1, 0.15) is 69.3 Å². The second-order valence-electron chi connectivity index (χ2n) is 9.00. The van der Waals surface area contributed by atoms with Crippen LogP contribution in [-0.2, 0) is 0 Å². The van der Waals surface area contributed by atoms with Gasteiger partial charge in [-0.1, -0.05) is 51.0 Å². The van der Waals surface area contributed by atoms with Crippen molar-refractivity contribution in [1.82, 2.24) is 4.98 Å². The van der Waals surface area contributed by atoms with E-state index in [0.717, 1.165) is 47.3 Å². The van der Waals surface area contributed by atoms with Crippen molar-refractivity contribution in [3.63, 3.8) is 0 Å². The van der Waals surface area contributed by atoms with Gasteiger partial charge in [0, 0.05) is 49.9 Å². The van der Waals surface area contributed by atoms with E-state index in [1.807, 2.05) is 0 Å². The molecule has 2 fully saturated rings. The number of benzene rings is 1. The third-order valence-corrected chi connectivity index (χ3v) is 7.43. The fourth-order valence-electron chi connectivity index (χ4n) is 5.28. The molecule has 5 nitrogen and oxygen atoms in total. The van der Waals surface area contributed by atoms with Crippen LogP contribution in [0.5, 0.6) is 5.75 Å². The van der Waals surface area contributed by atoms with E-state index in [4.69, 9.17) is 15.1 Å². The molecule has 2 atom stereocenters. The average molecular weight is 718 g/mol. The summed E-state index contributed by atoms with van der Waals surface area (Å²) in [5, 5.41) is 16.0. The van der Waals surface area contributed by atoms with Crippen molar-refractivity contribution in [3.8, 4) is 5.75 Å². The van der Waals surface area contributed by atoms with Crippen LogP contribution in [-0.4, -0.2) is 24.3 Å². The molecule has 4 rings (SSSR count). The van der Waals surface area contributed by atoms with Gasteiger partial charge < -0.3 is 4.74 Å². The number of ether oxygens (including phenoxy) is 1. The molecule has 0 saturated heterocycles. The van der Waals surface area contributed by atoms with E-state index in [-0.39, 0.29) is 36.9 Å². The van der Waals surface area contributed by atoms with Crippen molar-refractivity contribution in [2.45, 2.75) is 68.7 Å². The van der Waals surface area contributed by atoms with Crippen molar-refractivity contribution in [2.24, 2.45) is 17.0 Å². The number of nitrogens with zero attached hydrogens (tertiary/aromatic N) is 2. The molecule has 0 spiro atoms. The third-order valence-electron chi connectivity index (χ3n) is 6.97. The number of nitrogens with two attached hydrogens (primary N) is 1. The molecule has 2 saturated carbocycles. The maximum absolute atomic E-state index is 14.0. The Morgan fingerprint density at radius 2 is 1.76 bits per heavy atom. The van der Waals surface area contributed by atoms with Gasteiger partial charge in [0.05, 0.1) is 12.8 Å². The first-order valence-corrected chi connectivity index (χ1v) is 12.6. The molecule has 9 heteroatoms. The Bertz CT molecular complexity index is 900. The van der Waals surface area contributed by atoms with Crippen LogP contribution in [0.3, 0.4) is 0 Å². The standard InChI is InChI=1S/C19H26F2O.C6H9N3OS.U/c1-22-19-16(10-11-17(20)18(19)21)15-9-5-8-14(12-15)13-6-3-2-4-7-13;1-9(10)5-2-3-8-6(4-5)11-7;/h10-11,13-15H,2-9,12H2,1H3;2-4,10H,7H2,1H3;. The van der Waals surface area contributed by atoms with Gasteiger partial charge in [-0.25, -0.2) is 9.37 Å². The van der Waals surface area contributed by atoms with Crippen LogP contribution in [0, 0.1) is 54.6 Å². The molecule has 186 valence electrons. The SMILES string of the molecule is CN(O)c1ccnc(SN)c1.COc1c(C2CCCC(C3CCCCC3)C2)ccc(F)c1F.[U]. The Labute approximate surface area is 229 Å². The number of hydroxylamine groups is 1. The molecule has 2 aromatic rings. The van der Waals surface area contributed by atoms with Gasteiger partial charge in [-0.3, -0.25) is 15.4 Å². The number of halogens is 2. The molecule has 34 heavy (non-hydrogen) atoms. The summed E-state index contributed by atoms with van der Waals surface area (Å²) in [6.45, 7) is 0. The first-order valence-electron chi connectivity index (χ1n) is 11.7. The summed E-state index contributed by atoms with van der Waals surface area (Å²) in [5.41, 5.74) is 1.54. The van der Waals surface area contributed by atoms with Crippen LogP contribution in [0.15, 0.2) is 35.5 Å². The van der Waals surface area contributed by atoms with Gasteiger partial charge in [-0.05, 0) is 60.7 Å². The van der Waals surface area contributed by atoms with E-state index >= 15 is 0 Å². The molecule has 1 aromatic heterocycles. The van der Waals surface area contributed by atoms with E-state index < -0.39 is 11.6 Å². The second-order valence-corrected chi connectivity index (χ2v) is 9.65. The largest absolute Gasteiger partial charge is 0.493 e. The van der Waals surface area contributed by atoms with Crippen molar-refractivity contribution in [1.29, 1.82) is 0 Å². The Balaban J connectivity index is 0.000000289. The normalized spacial score (nSPS) is 20.5. The summed E-state index contributed by atoms with van der Waals surface area (Å²) in [7, 11) is 2.98. The van der Waals surface area contributed by atoms with Crippen molar-refractivity contribution >= 4 is 17.6 Å². The number of aromatic nitrogens is 1. The third kappa shape index (κ3) is 7.83. The van der Waals surface area contributed by atoms with E-state index in [2.05, 4.69) is 4.98 Å². The number of hydrogen-bond acceptors (Lipinski definition) is 6. The predicted molar refractivity (Wildman–Crippen MR) is 129 cm³/mol. The Hall–Kier alpha value is -0.848. The second kappa shape index (κ2) is 14.6. The number of rotatable bonds is 5. The molecule has 1 aromatic carbocycles. The topological polar surface area (TPSA) is 71.6 Å². The Kier molecular flexibility index (Phi) is 12.7. The quantitative estimate of drug-likeness (QED) is 0.265. The molecule has 2 unspecified atom stereocenters.